The van der Waals surface area contributed by atoms with Crippen LogP contribution in [0, 0.1) is 0 Å². The van der Waals surface area contributed by atoms with E-state index in [1.54, 1.807) is 0 Å². The molecule has 0 bridgehead atoms. The van der Waals surface area contributed by atoms with Crippen LogP contribution in [0.2, 0.25) is 0 Å². The Bertz CT molecular complexity index is 354. The van der Waals surface area contributed by atoms with Gasteiger partial charge in [0.05, 0.1) is 0 Å². The molecule has 0 rings (SSSR count). The van der Waals surface area contributed by atoms with Crippen molar-refractivity contribution in [3.05, 3.63) is 0 Å². The van der Waals surface area contributed by atoms with Crippen LogP contribution in [0.1, 0.15) is 77.0 Å². The molecule has 8 heteroatoms. The average molecular weight is 480 g/mol. The standard InChI is InChI=1S/C16H26Br2F2O4/c17-15(19,13(21)22)11-9-7-5-3-1-2-4-6-8-10-12-16(18,20)14(23)24/h1-12H2,(H,21,22)(H,23,24). The molecule has 0 aliphatic rings. The van der Waals surface area contributed by atoms with Gasteiger partial charge in [0.15, 0.2) is 0 Å². The highest BCUT2D eigenvalue weighted by molar-refractivity contribution is 9.10. The zero-order chi connectivity index (χ0) is 18.6. The van der Waals surface area contributed by atoms with Gasteiger partial charge in [0.1, 0.15) is 0 Å². The van der Waals surface area contributed by atoms with Crippen LogP contribution < -0.4 is 0 Å². The van der Waals surface area contributed by atoms with Gasteiger partial charge in [0.25, 0.3) is 9.16 Å². The van der Waals surface area contributed by atoms with Gasteiger partial charge >= 0.3 is 11.9 Å². The second-order valence-electron chi connectivity index (χ2n) is 6.05. The molecule has 0 saturated heterocycles. The Labute approximate surface area is 158 Å². The van der Waals surface area contributed by atoms with Crippen LogP contribution in [-0.2, 0) is 9.59 Å². The van der Waals surface area contributed by atoms with Crippen molar-refractivity contribution >= 4 is 43.8 Å². The minimum Gasteiger partial charge on any atom is -0.478 e. The van der Waals surface area contributed by atoms with Gasteiger partial charge in [-0.05, 0) is 44.7 Å². The first-order chi connectivity index (χ1) is 11.1. The molecule has 0 aromatic carbocycles. The molecule has 0 aromatic rings. The van der Waals surface area contributed by atoms with Gasteiger partial charge in [-0.25, -0.2) is 18.4 Å². The maximum atomic E-state index is 13.4. The number of aliphatic carboxylic acids is 2. The lowest BCUT2D eigenvalue weighted by Gasteiger charge is -2.12. The van der Waals surface area contributed by atoms with E-state index in [9.17, 15) is 18.4 Å². The molecule has 0 fully saturated rings. The molecule has 0 heterocycles. The van der Waals surface area contributed by atoms with Gasteiger partial charge in [0, 0.05) is 12.8 Å². The summed E-state index contributed by atoms with van der Waals surface area (Å²) in [5.74, 6) is -2.95. The van der Waals surface area contributed by atoms with Crippen LogP contribution in [0.25, 0.3) is 0 Å². The number of alkyl halides is 4. The van der Waals surface area contributed by atoms with Crippen molar-refractivity contribution in [2.75, 3.05) is 0 Å². The molecule has 142 valence electrons. The molecule has 0 amide bonds. The van der Waals surface area contributed by atoms with Crippen LogP contribution in [0.4, 0.5) is 8.78 Å². The molecular formula is C16H26Br2F2O4. The van der Waals surface area contributed by atoms with Crippen LogP contribution in [0.15, 0.2) is 0 Å². The van der Waals surface area contributed by atoms with Crippen molar-refractivity contribution < 1.29 is 28.6 Å². The molecule has 0 aliphatic carbocycles. The number of unbranched alkanes of at least 4 members (excludes halogenated alkanes) is 9. The molecular weight excluding hydrogens is 454 g/mol. The van der Waals surface area contributed by atoms with Gasteiger partial charge < -0.3 is 10.2 Å². The largest absolute Gasteiger partial charge is 0.478 e. The van der Waals surface area contributed by atoms with Crippen molar-refractivity contribution in [3.63, 3.8) is 0 Å². The molecule has 2 unspecified atom stereocenters. The normalized spacial score (nSPS) is 16.3. The zero-order valence-corrected chi connectivity index (χ0v) is 16.9. The van der Waals surface area contributed by atoms with Crippen LogP contribution in [0.3, 0.4) is 0 Å². The Morgan fingerprint density at radius 1 is 0.625 bits per heavy atom. The maximum absolute atomic E-state index is 13.4. The van der Waals surface area contributed by atoms with Gasteiger partial charge in [-0.15, -0.1) is 0 Å². The first-order valence-electron chi connectivity index (χ1n) is 8.32. The highest BCUT2D eigenvalue weighted by atomic mass is 79.9. The summed E-state index contributed by atoms with van der Waals surface area (Å²) in [5.41, 5.74) is 0. The van der Waals surface area contributed by atoms with E-state index in [0.29, 0.717) is 12.8 Å². The minimum absolute atomic E-state index is 0.0255. The first kappa shape index (κ1) is 23.8. The molecule has 0 aliphatic heterocycles. The first-order valence-corrected chi connectivity index (χ1v) is 9.90. The highest BCUT2D eigenvalue weighted by Crippen LogP contribution is 2.28. The quantitative estimate of drug-likeness (QED) is 0.224. The third-order valence-corrected chi connectivity index (χ3v) is 5.33. The fourth-order valence-corrected chi connectivity index (χ4v) is 2.88. The number of hydrogen-bond donors (Lipinski definition) is 2. The topological polar surface area (TPSA) is 74.6 Å². The van der Waals surface area contributed by atoms with Gasteiger partial charge in [-0.1, -0.05) is 51.4 Å². The lowest BCUT2D eigenvalue weighted by Crippen LogP contribution is -2.25. The summed E-state index contributed by atoms with van der Waals surface area (Å²) < 4.78 is 22.1. The number of hydrogen-bond acceptors (Lipinski definition) is 2. The molecule has 2 N–H and O–H groups in total. The lowest BCUT2D eigenvalue weighted by molar-refractivity contribution is -0.145. The second kappa shape index (κ2) is 12.2. The van der Waals surface area contributed by atoms with E-state index in [-0.39, 0.29) is 12.8 Å². The third kappa shape index (κ3) is 11.3. The Kier molecular flexibility index (Phi) is 12.0. The van der Waals surface area contributed by atoms with E-state index < -0.39 is 21.1 Å². The second-order valence-corrected chi connectivity index (χ2v) is 8.57. The molecule has 0 radical (unpaired) electrons. The monoisotopic (exact) mass is 478 g/mol. The van der Waals surface area contributed by atoms with Crippen molar-refractivity contribution in [3.8, 4) is 0 Å². The summed E-state index contributed by atoms with van der Waals surface area (Å²) in [4.78, 5) is 21.1. The Morgan fingerprint density at radius 3 is 1.04 bits per heavy atom. The summed E-state index contributed by atoms with van der Waals surface area (Å²) in [7, 11) is 0. The number of rotatable bonds is 15. The Hall–Kier alpha value is -0.240. The molecule has 0 spiro atoms. The van der Waals surface area contributed by atoms with E-state index in [4.69, 9.17) is 10.2 Å². The molecule has 4 nitrogen and oxygen atoms in total. The van der Waals surface area contributed by atoms with E-state index in [1.807, 2.05) is 0 Å². The van der Waals surface area contributed by atoms with E-state index in [2.05, 4.69) is 31.9 Å². The van der Waals surface area contributed by atoms with Crippen LogP contribution in [-0.4, -0.2) is 31.3 Å². The van der Waals surface area contributed by atoms with Crippen molar-refractivity contribution in [2.24, 2.45) is 0 Å². The van der Waals surface area contributed by atoms with Crippen molar-refractivity contribution in [1.29, 1.82) is 0 Å². The lowest BCUT2D eigenvalue weighted by atomic mass is 10.0. The number of carboxylic acids is 2. The summed E-state index contributed by atoms with van der Waals surface area (Å²) in [6.07, 6.45) is 8.74. The average Bonchev–Trinajstić information content (AvgIpc) is 2.47. The van der Waals surface area contributed by atoms with E-state index >= 15 is 0 Å². The van der Waals surface area contributed by atoms with Crippen molar-refractivity contribution in [2.45, 2.75) is 86.2 Å². The van der Waals surface area contributed by atoms with Crippen molar-refractivity contribution in [1.82, 2.24) is 0 Å². The van der Waals surface area contributed by atoms with Crippen LogP contribution >= 0.6 is 31.9 Å². The van der Waals surface area contributed by atoms with Crippen LogP contribution in [0.5, 0.6) is 0 Å². The third-order valence-electron chi connectivity index (χ3n) is 3.86. The molecule has 0 aromatic heterocycles. The van der Waals surface area contributed by atoms with Gasteiger partial charge in [-0.3, -0.25) is 0 Å². The number of carboxylic acid groups (broad SMARTS) is 2. The fourth-order valence-electron chi connectivity index (χ4n) is 2.32. The van der Waals surface area contributed by atoms with E-state index in [0.717, 1.165) is 51.4 Å². The predicted molar refractivity (Wildman–Crippen MR) is 96.2 cm³/mol. The zero-order valence-electron chi connectivity index (χ0n) is 13.7. The molecule has 2 atom stereocenters. The molecule has 0 saturated carbocycles. The Balaban J connectivity index is 3.38. The Morgan fingerprint density at radius 2 is 0.833 bits per heavy atom. The van der Waals surface area contributed by atoms with E-state index in [1.165, 1.54) is 0 Å². The summed E-state index contributed by atoms with van der Waals surface area (Å²) in [5, 5.41) is 17.2. The van der Waals surface area contributed by atoms with Gasteiger partial charge in [-0.2, -0.15) is 0 Å². The highest BCUT2D eigenvalue weighted by Gasteiger charge is 2.34. The minimum atomic E-state index is -2.31. The number of carbonyl (C=O) groups is 2. The maximum Gasteiger partial charge on any atom is 0.352 e. The number of halogens is 4. The smallest absolute Gasteiger partial charge is 0.352 e. The summed E-state index contributed by atoms with van der Waals surface area (Å²) >= 11 is 5.13. The van der Waals surface area contributed by atoms with Gasteiger partial charge in [0.2, 0.25) is 0 Å². The summed E-state index contributed by atoms with van der Waals surface area (Å²) in [6.45, 7) is 0. The summed E-state index contributed by atoms with van der Waals surface area (Å²) in [6, 6.07) is 0. The SMILES string of the molecule is O=C(O)C(F)(Br)CCCCCCCCCCCCC(F)(Br)C(=O)O. The molecule has 24 heavy (non-hydrogen) atoms. The fraction of sp³-hybridized carbons (Fsp3) is 0.875. The predicted octanol–water partition coefficient (Wildman–Crippen LogP) is 5.96.